The lowest BCUT2D eigenvalue weighted by molar-refractivity contribution is 0.0602. The standard InChI is InChI=1S/C8H10N4O3/c1-11-6(2-9-10-11)7(13)5-3-12(4-5)8(14)15/h2,5H,3-4H2,1H3,(H,14,15). The van der Waals surface area contributed by atoms with E-state index in [1.54, 1.807) is 7.05 Å². The highest BCUT2D eigenvalue weighted by Crippen LogP contribution is 2.19. The SMILES string of the molecule is Cn1nncc1C(=O)C1CN(C(=O)O)C1. The number of hydrogen-bond acceptors (Lipinski definition) is 4. The molecule has 0 saturated carbocycles. The Morgan fingerprint density at radius 2 is 2.20 bits per heavy atom. The predicted octanol–water partition coefficient (Wildman–Crippen LogP) is -0.392. The maximum atomic E-state index is 11.8. The van der Waals surface area contributed by atoms with Crippen LogP contribution in [-0.2, 0) is 7.05 Å². The van der Waals surface area contributed by atoms with Gasteiger partial charge in [-0.25, -0.2) is 9.48 Å². The molecule has 1 fully saturated rings. The fraction of sp³-hybridized carbons (Fsp3) is 0.500. The normalized spacial score (nSPS) is 16.2. The van der Waals surface area contributed by atoms with Gasteiger partial charge in [-0.05, 0) is 0 Å². The minimum absolute atomic E-state index is 0.0972. The van der Waals surface area contributed by atoms with Gasteiger partial charge in [0, 0.05) is 20.1 Å². The van der Waals surface area contributed by atoms with Gasteiger partial charge in [0.25, 0.3) is 0 Å². The highest BCUT2D eigenvalue weighted by molar-refractivity contribution is 5.97. The van der Waals surface area contributed by atoms with Crippen molar-refractivity contribution in [3.63, 3.8) is 0 Å². The van der Waals surface area contributed by atoms with Crippen LogP contribution in [-0.4, -0.2) is 50.0 Å². The Morgan fingerprint density at radius 3 is 2.67 bits per heavy atom. The molecular weight excluding hydrogens is 200 g/mol. The average Bonchev–Trinajstić information content (AvgIpc) is 2.47. The largest absolute Gasteiger partial charge is 0.465 e. The van der Waals surface area contributed by atoms with E-state index >= 15 is 0 Å². The maximum Gasteiger partial charge on any atom is 0.407 e. The van der Waals surface area contributed by atoms with Crippen LogP contribution in [0.5, 0.6) is 0 Å². The molecule has 0 aliphatic carbocycles. The van der Waals surface area contributed by atoms with Crippen LogP contribution in [0, 0.1) is 5.92 Å². The quantitative estimate of drug-likeness (QED) is 0.671. The highest BCUT2D eigenvalue weighted by Gasteiger charge is 2.37. The molecule has 1 aliphatic heterocycles. The van der Waals surface area contributed by atoms with Gasteiger partial charge >= 0.3 is 6.09 Å². The topological polar surface area (TPSA) is 88.3 Å². The molecule has 1 saturated heterocycles. The summed E-state index contributed by atoms with van der Waals surface area (Å²) in [5.74, 6) is -0.349. The van der Waals surface area contributed by atoms with E-state index in [0.717, 1.165) is 0 Å². The molecule has 1 amide bonds. The molecule has 0 bridgehead atoms. The van der Waals surface area contributed by atoms with Crippen molar-refractivity contribution < 1.29 is 14.7 Å². The predicted molar refractivity (Wildman–Crippen MR) is 48.4 cm³/mol. The van der Waals surface area contributed by atoms with E-state index < -0.39 is 6.09 Å². The summed E-state index contributed by atoms with van der Waals surface area (Å²) in [5.41, 5.74) is 0.421. The third-order valence-electron chi connectivity index (χ3n) is 2.49. The van der Waals surface area contributed by atoms with Crippen molar-refractivity contribution in [3.05, 3.63) is 11.9 Å². The number of hydrogen-bond donors (Lipinski definition) is 1. The summed E-state index contributed by atoms with van der Waals surface area (Å²) in [4.78, 5) is 23.4. The van der Waals surface area contributed by atoms with Crippen LogP contribution in [0.15, 0.2) is 6.20 Å². The maximum absolute atomic E-state index is 11.8. The van der Waals surface area contributed by atoms with Crippen LogP contribution >= 0.6 is 0 Å². The molecule has 2 heterocycles. The van der Waals surface area contributed by atoms with Crippen molar-refractivity contribution in [1.29, 1.82) is 0 Å². The number of likely N-dealkylation sites (tertiary alicyclic amines) is 1. The number of carboxylic acid groups (broad SMARTS) is 1. The first kappa shape index (κ1) is 9.63. The van der Waals surface area contributed by atoms with Crippen LogP contribution in [0.4, 0.5) is 4.79 Å². The molecule has 0 radical (unpaired) electrons. The number of ketones is 1. The number of carbonyl (C=O) groups is 2. The van der Waals surface area contributed by atoms with Gasteiger partial charge in [-0.15, -0.1) is 5.10 Å². The van der Waals surface area contributed by atoms with Crippen molar-refractivity contribution in [2.24, 2.45) is 13.0 Å². The van der Waals surface area contributed by atoms with Crippen LogP contribution in [0.2, 0.25) is 0 Å². The zero-order valence-electron chi connectivity index (χ0n) is 8.12. The number of carbonyl (C=O) groups excluding carboxylic acids is 1. The molecule has 1 aromatic heterocycles. The summed E-state index contributed by atoms with van der Waals surface area (Å²) in [7, 11) is 1.63. The van der Waals surface area contributed by atoms with Crippen LogP contribution in [0.3, 0.4) is 0 Å². The molecular formula is C8H10N4O3. The summed E-state index contributed by atoms with van der Waals surface area (Å²) < 4.78 is 1.39. The molecule has 0 atom stereocenters. The smallest absolute Gasteiger partial charge is 0.407 e. The first-order valence-electron chi connectivity index (χ1n) is 4.46. The average molecular weight is 210 g/mol. The summed E-state index contributed by atoms with van der Waals surface area (Å²) in [6, 6.07) is 0. The molecule has 0 unspecified atom stereocenters. The van der Waals surface area contributed by atoms with Gasteiger partial charge in [0.05, 0.1) is 12.1 Å². The van der Waals surface area contributed by atoms with Gasteiger partial charge in [-0.3, -0.25) is 4.79 Å². The Kier molecular flexibility index (Phi) is 2.14. The van der Waals surface area contributed by atoms with E-state index in [-0.39, 0.29) is 24.8 Å². The number of aromatic nitrogens is 3. The lowest BCUT2D eigenvalue weighted by Crippen LogP contribution is -2.52. The van der Waals surface area contributed by atoms with Gasteiger partial charge < -0.3 is 10.0 Å². The molecule has 7 heteroatoms. The molecule has 7 nitrogen and oxygen atoms in total. The Hall–Kier alpha value is -1.92. The lowest BCUT2D eigenvalue weighted by Gasteiger charge is -2.35. The van der Waals surface area contributed by atoms with Gasteiger partial charge in [-0.2, -0.15) is 0 Å². The Morgan fingerprint density at radius 1 is 1.53 bits per heavy atom. The Labute approximate surface area is 85.3 Å². The van der Waals surface area contributed by atoms with Gasteiger partial charge in [-0.1, -0.05) is 5.21 Å². The molecule has 80 valence electrons. The molecule has 1 aromatic rings. The highest BCUT2D eigenvalue weighted by atomic mass is 16.4. The lowest BCUT2D eigenvalue weighted by atomic mass is 9.94. The van der Waals surface area contributed by atoms with Crippen molar-refractivity contribution in [2.45, 2.75) is 0 Å². The van der Waals surface area contributed by atoms with E-state index in [1.165, 1.54) is 15.8 Å². The zero-order valence-corrected chi connectivity index (χ0v) is 8.12. The van der Waals surface area contributed by atoms with E-state index in [4.69, 9.17) is 5.11 Å². The van der Waals surface area contributed by atoms with E-state index in [0.29, 0.717) is 5.69 Å². The second kappa shape index (κ2) is 3.34. The van der Waals surface area contributed by atoms with Crippen LogP contribution < -0.4 is 0 Å². The number of aryl methyl sites for hydroxylation is 1. The van der Waals surface area contributed by atoms with Crippen molar-refractivity contribution in [1.82, 2.24) is 19.9 Å². The van der Waals surface area contributed by atoms with Crippen LogP contribution in [0.1, 0.15) is 10.5 Å². The first-order valence-corrected chi connectivity index (χ1v) is 4.46. The first-order chi connectivity index (χ1) is 7.09. The van der Waals surface area contributed by atoms with Gasteiger partial charge in [0.15, 0.2) is 5.78 Å². The summed E-state index contributed by atoms with van der Waals surface area (Å²) in [5, 5.41) is 15.9. The Balaban J connectivity index is 2.01. The van der Waals surface area contributed by atoms with E-state index in [1.807, 2.05) is 0 Å². The molecule has 1 aliphatic rings. The van der Waals surface area contributed by atoms with Gasteiger partial charge in [0.2, 0.25) is 0 Å². The number of amides is 1. The van der Waals surface area contributed by atoms with Crippen molar-refractivity contribution >= 4 is 11.9 Å². The van der Waals surface area contributed by atoms with E-state index in [2.05, 4.69) is 10.3 Å². The minimum atomic E-state index is -0.984. The third kappa shape index (κ3) is 1.56. The number of Topliss-reactive ketones (excluding diaryl/α,β-unsaturated/α-hetero) is 1. The minimum Gasteiger partial charge on any atom is -0.465 e. The fourth-order valence-electron chi connectivity index (χ4n) is 1.52. The van der Waals surface area contributed by atoms with E-state index in [9.17, 15) is 9.59 Å². The number of rotatable bonds is 2. The summed E-state index contributed by atoms with van der Waals surface area (Å²) in [6.07, 6.45) is 0.411. The second-order valence-corrected chi connectivity index (χ2v) is 3.49. The molecule has 0 spiro atoms. The molecule has 2 rings (SSSR count). The summed E-state index contributed by atoms with van der Waals surface area (Å²) in [6.45, 7) is 0.526. The monoisotopic (exact) mass is 210 g/mol. The molecule has 1 N–H and O–H groups in total. The molecule has 15 heavy (non-hydrogen) atoms. The van der Waals surface area contributed by atoms with Crippen molar-refractivity contribution in [2.75, 3.05) is 13.1 Å². The molecule has 0 aromatic carbocycles. The second-order valence-electron chi connectivity index (χ2n) is 3.49. The summed E-state index contributed by atoms with van der Waals surface area (Å²) >= 11 is 0. The fourth-order valence-corrected chi connectivity index (χ4v) is 1.52. The van der Waals surface area contributed by atoms with Crippen LogP contribution in [0.25, 0.3) is 0 Å². The number of nitrogens with zero attached hydrogens (tertiary/aromatic N) is 4. The Bertz CT molecular complexity index is 408. The van der Waals surface area contributed by atoms with Gasteiger partial charge in [0.1, 0.15) is 5.69 Å². The van der Waals surface area contributed by atoms with Crippen molar-refractivity contribution in [3.8, 4) is 0 Å². The third-order valence-corrected chi connectivity index (χ3v) is 2.49. The zero-order chi connectivity index (χ0) is 11.0.